The van der Waals surface area contributed by atoms with Crippen molar-refractivity contribution in [3.63, 3.8) is 0 Å². The minimum absolute atomic E-state index is 0.0932. The molecule has 1 spiro atoms. The Hall–Kier alpha value is -0.220. The van der Waals surface area contributed by atoms with E-state index in [0.717, 1.165) is 0 Å². The Morgan fingerprint density at radius 2 is 1.83 bits per heavy atom. The molecule has 0 aromatic rings. The molecule has 1 heterocycles. The quantitative estimate of drug-likeness (QED) is 0.605. The minimum Gasteiger partial charge on any atom is -0.362 e. The highest BCUT2D eigenvalue weighted by atomic mass is 19.3. The molecule has 2 aliphatic rings. The molecule has 0 aromatic carbocycles. The Balaban J connectivity index is 2.04. The number of hydrogen-bond donors (Lipinski definition) is 1. The molecule has 0 amide bonds. The Labute approximate surface area is 70.1 Å². The smallest absolute Gasteiger partial charge is 0.299 e. The van der Waals surface area contributed by atoms with Crippen LogP contribution in [-0.2, 0) is 4.74 Å². The summed E-state index contributed by atoms with van der Waals surface area (Å²) in [5.41, 5.74) is 4.49. The van der Waals surface area contributed by atoms with Crippen molar-refractivity contribution in [1.82, 2.24) is 0 Å². The van der Waals surface area contributed by atoms with E-state index in [9.17, 15) is 8.78 Å². The monoisotopic (exact) mass is 177 g/mol. The summed E-state index contributed by atoms with van der Waals surface area (Å²) >= 11 is 0. The standard InChI is InChI=1S/C8H13F2NO/c9-8(10)5-12-7(8)3-1-6(11)2-4-7/h6H,1-5,11H2. The molecule has 0 atom stereocenters. The molecule has 1 aliphatic heterocycles. The fraction of sp³-hybridized carbons (Fsp3) is 1.00. The van der Waals surface area contributed by atoms with Crippen LogP contribution in [0.5, 0.6) is 0 Å². The van der Waals surface area contributed by atoms with Crippen LogP contribution < -0.4 is 5.73 Å². The van der Waals surface area contributed by atoms with Gasteiger partial charge in [0.05, 0.1) is 0 Å². The molecule has 1 aliphatic carbocycles. The van der Waals surface area contributed by atoms with E-state index in [1.165, 1.54) is 0 Å². The Bertz CT molecular complexity index is 187. The van der Waals surface area contributed by atoms with Crippen molar-refractivity contribution in [1.29, 1.82) is 0 Å². The summed E-state index contributed by atoms with van der Waals surface area (Å²) in [5, 5.41) is 0. The second kappa shape index (κ2) is 2.39. The topological polar surface area (TPSA) is 35.2 Å². The Kier molecular flexibility index (Phi) is 1.67. The van der Waals surface area contributed by atoms with Gasteiger partial charge in [0.2, 0.25) is 0 Å². The van der Waals surface area contributed by atoms with Crippen LogP contribution in [0.15, 0.2) is 0 Å². The van der Waals surface area contributed by atoms with Crippen LogP contribution >= 0.6 is 0 Å². The minimum atomic E-state index is -2.60. The average Bonchev–Trinajstić information content (AvgIpc) is 2.04. The van der Waals surface area contributed by atoms with Gasteiger partial charge in [-0.1, -0.05) is 0 Å². The van der Waals surface area contributed by atoms with Gasteiger partial charge in [0.15, 0.2) is 0 Å². The van der Waals surface area contributed by atoms with Gasteiger partial charge in [0.1, 0.15) is 12.2 Å². The molecular weight excluding hydrogens is 164 g/mol. The van der Waals surface area contributed by atoms with E-state index in [0.29, 0.717) is 25.7 Å². The predicted molar refractivity (Wildman–Crippen MR) is 40.1 cm³/mol. The average molecular weight is 177 g/mol. The van der Waals surface area contributed by atoms with Gasteiger partial charge >= 0.3 is 0 Å². The molecule has 0 bridgehead atoms. The van der Waals surface area contributed by atoms with E-state index in [2.05, 4.69) is 0 Å². The summed E-state index contributed by atoms with van der Waals surface area (Å²) in [5.74, 6) is -2.60. The molecule has 0 radical (unpaired) electrons. The van der Waals surface area contributed by atoms with Gasteiger partial charge in [-0.15, -0.1) is 0 Å². The third-order valence-corrected chi connectivity index (χ3v) is 3.03. The van der Waals surface area contributed by atoms with Gasteiger partial charge in [-0.05, 0) is 25.7 Å². The molecule has 2 N–H and O–H groups in total. The van der Waals surface area contributed by atoms with Gasteiger partial charge in [0, 0.05) is 6.04 Å². The fourth-order valence-corrected chi connectivity index (χ4v) is 2.00. The summed E-state index contributed by atoms with van der Waals surface area (Å²) in [6, 6.07) is 0.0932. The van der Waals surface area contributed by atoms with Gasteiger partial charge in [-0.2, -0.15) is 0 Å². The van der Waals surface area contributed by atoms with Crippen molar-refractivity contribution >= 4 is 0 Å². The molecule has 0 aromatic heterocycles. The summed E-state index contributed by atoms with van der Waals surface area (Å²) < 4.78 is 31.1. The zero-order valence-electron chi connectivity index (χ0n) is 6.85. The molecule has 2 fully saturated rings. The molecule has 0 unspecified atom stereocenters. The van der Waals surface area contributed by atoms with Crippen molar-refractivity contribution in [3.05, 3.63) is 0 Å². The number of alkyl halides is 2. The summed E-state index contributed by atoms with van der Waals surface area (Å²) in [6.07, 6.45) is 2.16. The highest BCUT2D eigenvalue weighted by Crippen LogP contribution is 2.50. The Morgan fingerprint density at radius 1 is 1.25 bits per heavy atom. The SMILES string of the molecule is NC1CCC2(CC1)OCC2(F)F. The molecule has 1 saturated carbocycles. The lowest BCUT2D eigenvalue weighted by atomic mass is 9.75. The first-order valence-corrected chi connectivity index (χ1v) is 4.33. The lowest BCUT2D eigenvalue weighted by Gasteiger charge is -2.51. The number of halogens is 2. The number of rotatable bonds is 0. The van der Waals surface area contributed by atoms with Crippen LogP contribution in [0.1, 0.15) is 25.7 Å². The summed E-state index contributed by atoms with van der Waals surface area (Å²) in [7, 11) is 0. The second-order valence-corrected chi connectivity index (χ2v) is 3.82. The zero-order valence-corrected chi connectivity index (χ0v) is 6.85. The number of ether oxygens (including phenoxy) is 1. The van der Waals surface area contributed by atoms with Crippen molar-refractivity contribution in [2.45, 2.75) is 43.2 Å². The maximum Gasteiger partial charge on any atom is 0.299 e. The van der Waals surface area contributed by atoms with E-state index in [1.807, 2.05) is 0 Å². The third kappa shape index (κ3) is 0.977. The predicted octanol–water partition coefficient (Wildman–Crippen LogP) is 1.29. The summed E-state index contributed by atoms with van der Waals surface area (Å²) in [6.45, 7) is -0.401. The first-order chi connectivity index (χ1) is 5.56. The van der Waals surface area contributed by atoms with E-state index < -0.39 is 18.1 Å². The van der Waals surface area contributed by atoms with E-state index in [4.69, 9.17) is 10.5 Å². The van der Waals surface area contributed by atoms with Gasteiger partial charge in [-0.3, -0.25) is 0 Å². The van der Waals surface area contributed by atoms with Gasteiger partial charge < -0.3 is 10.5 Å². The maximum atomic E-state index is 13.0. The largest absolute Gasteiger partial charge is 0.362 e. The molecule has 12 heavy (non-hydrogen) atoms. The van der Waals surface area contributed by atoms with Crippen molar-refractivity contribution in [2.24, 2.45) is 5.73 Å². The normalized spacial score (nSPS) is 45.8. The van der Waals surface area contributed by atoms with Crippen molar-refractivity contribution in [2.75, 3.05) is 6.61 Å². The van der Waals surface area contributed by atoms with E-state index in [-0.39, 0.29) is 6.04 Å². The maximum absolute atomic E-state index is 13.0. The molecule has 70 valence electrons. The fourth-order valence-electron chi connectivity index (χ4n) is 2.00. The lowest BCUT2D eigenvalue weighted by molar-refractivity contribution is -0.338. The van der Waals surface area contributed by atoms with Crippen LogP contribution in [0.25, 0.3) is 0 Å². The van der Waals surface area contributed by atoms with Gasteiger partial charge in [0.25, 0.3) is 5.92 Å². The number of nitrogens with two attached hydrogens (primary N) is 1. The zero-order chi connectivity index (χ0) is 8.82. The molecular formula is C8H13F2NO. The molecule has 1 saturated heterocycles. The first-order valence-electron chi connectivity index (χ1n) is 4.33. The second-order valence-electron chi connectivity index (χ2n) is 3.82. The van der Waals surface area contributed by atoms with Crippen LogP contribution in [0.3, 0.4) is 0 Å². The first kappa shape index (κ1) is 8.38. The van der Waals surface area contributed by atoms with Crippen molar-refractivity contribution in [3.8, 4) is 0 Å². The van der Waals surface area contributed by atoms with E-state index in [1.54, 1.807) is 0 Å². The highest BCUT2D eigenvalue weighted by Gasteiger charge is 2.63. The molecule has 2 nitrogen and oxygen atoms in total. The number of hydrogen-bond acceptors (Lipinski definition) is 2. The highest BCUT2D eigenvalue weighted by molar-refractivity contribution is 5.05. The molecule has 2 rings (SSSR count). The van der Waals surface area contributed by atoms with Crippen molar-refractivity contribution < 1.29 is 13.5 Å². The third-order valence-electron chi connectivity index (χ3n) is 3.03. The van der Waals surface area contributed by atoms with Crippen LogP contribution in [-0.4, -0.2) is 24.2 Å². The van der Waals surface area contributed by atoms with Crippen LogP contribution in [0.2, 0.25) is 0 Å². The lowest BCUT2D eigenvalue weighted by Crippen LogP contribution is -2.65. The van der Waals surface area contributed by atoms with Crippen LogP contribution in [0.4, 0.5) is 8.78 Å². The van der Waals surface area contributed by atoms with Gasteiger partial charge in [-0.25, -0.2) is 8.78 Å². The molecule has 4 heteroatoms. The van der Waals surface area contributed by atoms with Crippen LogP contribution in [0, 0.1) is 0 Å². The summed E-state index contributed by atoms with van der Waals surface area (Å²) in [4.78, 5) is 0. The Morgan fingerprint density at radius 3 is 2.17 bits per heavy atom. The van der Waals surface area contributed by atoms with E-state index >= 15 is 0 Å².